The van der Waals surface area contributed by atoms with Crippen LogP contribution in [0.25, 0.3) is 0 Å². The second kappa shape index (κ2) is 2.47. The second-order valence-electron chi connectivity index (χ2n) is 1.80. The molecule has 0 saturated heterocycles. The molecule has 0 aromatic heterocycles. The van der Waals surface area contributed by atoms with Gasteiger partial charge in [0, 0.05) is 12.7 Å². The van der Waals surface area contributed by atoms with Crippen LogP contribution in [0.3, 0.4) is 0 Å². The summed E-state index contributed by atoms with van der Waals surface area (Å²) >= 11 is 4.27. The third-order valence-electron chi connectivity index (χ3n) is 1.21. The van der Waals surface area contributed by atoms with Crippen LogP contribution < -0.4 is 0 Å². The Hall–Kier alpha value is 0.620. The molecule has 1 aliphatic heterocycles. The highest BCUT2D eigenvalue weighted by Gasteiger charge is 2.15. The van der Waals surface area contributed by atoms with E-state index in [9.17, 15) is 0 Å². The first-order chi connectivity index (χ1) is 3.72. The summed E-state index contributed by atoms with van der Waals surface area (Å²) in [6.45, 7) is 2.13. The van der Waals surface area contributed by atoms with Gasteiger partial charge in [0.05, 0.1) is 0 Å². The molecule has 3 heteroatoms. The van der Waals surface area contributed by atoms with Gasteiger partial charge in [-0.3, -0.25) is 0 Å². The summed E-state index contributed by atoms with van der Waals surface area (Å²) in [7, 11) is 2.11. The van der Waals surface area contributed by atoms with Crippen molar-refractivity contribution in [2.24, 2.45) is 0 Å². The Morgan fingerprint density at radius 3 is 2.62 bits per heavy atom. The molecule has 0 aromatic rings. The third kappa shape index (κ3) is 1.13. The van der Waals surface area contributed by atoms with E-state index in [1.807, 2.05) is 11.8 Å². The molecule has 0 fully saturated rings. The van der Waals surface area contributed by atoms with E-state index in [1.54, 1.807) is 0 Å². The average molecular weight is 241 g/mol. The smallest absolute Gasteiger partial charge is 0.131 e. The summed E-state index contributed by atoms with van der Waals surface area (Å²) in [5.41, 5.74) is 1.37. The Morgan fingerprint density at radius 2 is 2.50 bits per heavy atom. The SMILES string of the molecule is CC1=CSC(I)N1C. The van der Waals surface area contributed by atoms with Gasteiger partial charge < -0.3 is 4.90 Å². The van der Waals surface area contributed by atoms with Crippen LogP contribution in [-0.4, -0.2) is 15.3 Å². The van der Waals surface area contributed by atoms with Crippen LogP contribution >= 0.6 is 34.4 Å². The van der Waals surface area contributed by atoms with Crippen molar-refractivity contribution in [3.8, 4) is 0 Å². The normalized spacial score (nSPS) is 28.6. The Kier molecular flexibility index (Phi) is 2.08. The molecular weight excluding hydrogens is 233 g/mol. The minimum atomic E-state index is 0.618. The van der Waals surface area contributed by atoms with Gasteiger partial charge in [-0.2, -0.15) is 0 Å². The van der Waals surface area contributed by atoms with Crippen molar-refractivity contribution < 1.29 is 0 Å². The highest BCUT2D eigenvalue weighted by atomic mass is 127. The predicted octanol–water partition coefficient (Wildman–Crippen LogP) is 2.24. The molecule has 0 spiro atoms. The summed E-state index contributed by atoms with van der Waals surface area (Å²) in [5.74, 6) is 0. The van der Waals surface area contributed by atoms with Crippen molar-refractivity contribution in [3.63, 3.8) is 0 Å². The monoisotopic (exact) mass is 241 g/mol. The summed E-state index contributed by atoms with van der Waals surface area (Å²) in [6, 6.07) is 0. The van der Waals surface area contributed by atoms with E-state index in [4.69, 9.17) is 0 Å². The lowest BCUT2D eigenvalue weighted by atomic mass is 10.5. The van der Waals surface area contributed by atoms with Gasteiger partial charge in [-0.05, 0) is 34.9 Å². The molecule has 0 N–H and O–H groups in total. The van der Waals surface area contributed by atoms with Gasteiger partial charge in [0.1, 0.15) is 3.38 Å². The molecule has 1 unspecified atom stereocenters. The van der Waals surface area contributed by atoms with E-state index in [-0.39, 0.29) is 0 Å². The molecule has 0 aliphatic carbocycles. The van der Waals surface area contributed by atoms with Crippen LogP contribution in [0, 0.1) is 0 Å². The van der Waals surface area contributed by atoms with Crippen molar-refractivity contribution in [1.29, 1.82) is 0 Å². The van der Waals surface area contributed by atoms with Crippen molar-refractivity contribution in [2.45, 2.75) is 10.3 Å². The first-order valence-electron chi connectivity index (χ1n) is 2.41. The van der Waals surface area contributed by atoms with Crippen LogP contribution in [0.15, 0.2) is 11.1 Å². The first kappa shape index (κ1) is 6.74. The van der Waals surface area contributed by atoms with Crippen LogP contribution in [0.5, 0.6) is 0 Å². The van der Waals surface area contributed by atoms with Crippen LogP contribution in [0.2, 0.25) is 0 Å². The highest BCUT2D eigenvalue weighted by Crippen LogP contribution is 2.32. The number of hydrogen-bond donors (Lipinski definition) is 0. The van der Waals surface area contributed by atoms with E-state index < -0.39 is 0 Å². The average Bonchev–Trinajstić information content (AvgIpc) is 1.98. The van der Waals surface area contributed by atoms with Crippen LogP contribution in [0.4, 0.5) is 0 Å². The maximum Gasteiger partial charge on any atom is 0.131 e. The summed E-state index contributed by atoms with van der Waals surface area (Å²) in [6.07, 6.45) is 0. The Bertz CT molecular complexity index is 124. The summed E-state index contributed by atoms with van der Waals surface area (Å²) in [4.78, 5) is 2.26. The minimum absolute atomic E-state index is 0.618. The molecule has 0 saturated carbocycles. The fourth-order valence-corrected chi connectivity index (χ4v) is 2.19. The molecule has 8 heavy (non-hydrogen) atoms. The van der Waals surface area contributed by atoms with E-state index in [2.05, 4.69) is 46.9 Å². The zero-order chi connectivity index (χ0) is 6.15. The number of halogens is 1. The maximum absolute atomic E-state index is 2.41. The molecule has 0 aromatic carbocycles. The van der Waals surface area contributed by atoms with Crippen molar-refractivity contribution in [1.82, 2.24) is 4.90 Å². The number of nitrogens with zero attached hydrogens (tertiary/aromatic N) is 1. The number of thioether (sulfide) groups is 1. The second-order valence-corrected chi connectivity index (χ2v) is 4.78. The lowest BCUT2D eigenvalue weighted by Crippen LogP contribution is -2.16. The zero-order valence-electron chi connectivity index (χ0n) is 4.89. The number of hydrogen-bond acceptors (Lipinski definition) is 2. The van der Waals surface area contributed by atoms with Crippen LogP contribution in [0.1, 0.15) is 6.92 Å². The molecule has 1 heterocycles. The third-order valence-corrected chi connectivity index (χ3v) is 3.95. The molecule has 1 nitrogen and oxygen atoms in total. The molecular formula is C5H8INS. The van der Waals surface area contributed by atoms with Gasteiger partial charge in [-0.15, -0.1) is 0 Å². The topological polar surface area (TPSA) is 3.24 Å². The van der Waals surface area contributed by atoms with Gasteiger partial charge in [0.25, 0.3) is 0 Å². The fraction of sp³-hybridized carbons (Fsp3) is 0.600. The van der Waals surface area contributed by atoms with E-state index >= 15 is 0 Å². The predicted molar refractivity (Wildman–Crippen MR) is 46.9 cm³/mol. The quantitative estimate of drug-likeness (QED) is 0.363. The van der Waals surface area contributed by atoms with Gasteiger partial charge >= 0.3 is 0 Å². The maximum atomic E-state index is 2.41. The molecule has 1 aliphatic rings. The summed E-state index contributed by atoms with van der Waals surface area (Å²) in [5, 5.41) is 2.19. The number of alkyl halides is 1. The van der Waals surface area contributed by atoms with E-state index in [0.29, 0.717) is 3.38 Å². The van der Waals surface area contributed by atoms with Gasteiger partial charge in [0.2, 0.25) is 0 Å². The Balaban J connectivity index is 2.59. The highest BCUT2D eigenvalue weighted by molar-refractivity contribution is 14.1. The first-order valence-corrected chi connectivity index (χ1v) is 4.60. The molecule has 1 rings (SSSR count). The largest absolute Gasteiger partial charge is 0.357 e. The molecule has 0 radical (unpaired) electrons. The number of rotatable bonds is 0. The number of allylic oxidation sites excluding steroid dienone is 1. The lowest BCUT2D eigenvalue weighted by Gasteiger charge is -2.16. The van der Waals surface area contributed by atoms with Crippen molar-refractivity contribution >= 4 is 34.4 Å². The Morgan fingerprint density at radius 1 is 1.88 bits per heavy atom. The molecule has 1 atom stereocenters. The minimum Gasteiger partial charge on any atom is -0.357 e. The van der Waals surface area contributed by atoms with E-state index in [0.717, 1.165) is 0 Å². The lowest BCUT2D eigenvalue weighted by molar-refractivity contribution is 0.492. The molecule has 0 amide bonds. The van der Waals surface area contributed by atoms with Crippen LogP contribution in [-0.2, 0) is 0 Å². The molecule has 0 bridgehead atoms. The fourth-order valence-electron chi connectivity index (χ4n) is 0.489. The van der Waals surface area contributed by atoms with Gasteiger partial charge in [0.15, 0.2) is 0 Å². The Labute approximate surface area is 67.6 Å². The van der Waals surface area contributed by atoms with Gasteiger partial charge in [-0.1, -0.05) is 11.8 Å². The zero-order valence-corrected chi connectivity index (χ0v) is 7.86. The van der Waals surface area contributed by atoms with Gasteiger partial charge in [-0.25, -0.2) is 0 Å². The van der Waals surface area contributed by atoms with Crippen molar-refractivity contribution in [2.75, 3.05) is 7.05 Å². The summed E-state index contributed by atoms with van der Waals surface area (Å²) < 4.78 is 0.618. The van der Waals surface area contributed by atoms with Crippen molar-refractivity contribution in [3.05, 3.63) is 11.1 Å². The van der Waals surface area contributed by atoms with E-state index in [1.165, 1.54) is 5.70 Å². The standard InChI is InChI=1S/C5H8INS/c1-4-3-8-5(6)7(4)2/h3,5H,1-2H3. The molecule has 46 valence electrons.